The first-order valence-electron chi connectivity index (χ1n) is 10.4. The highest BCUT2D eigenvalue weighted by molar-refractivity contribution is 5.90. The Morgan fingerprint density at radius 1 is 0.826 bits per heavy atom. The van der Waals surface area contributed by atoms with Crippen LogP contribution in [0.4, 0.5) is 0 Å². The van der Waals surface area contributed by atoms with E-state index in [0.717, 1.165) is 23.7 Å². The third kappa shape index (κ3) is 2.90. The van der Waals surface area contributed by atoms with Crippen LogP contribution in [-0.2, 0) is 0 Å². The van der Waals surface area contributed by atoms with Gasteiger partial charge < -0.3 is 0 Å². The summed E-state index contributed by atoms with van der Waals surface area (Å²) in [5.41, 5.74) is 2.11. The second-order valence-corrected chi connectivity index (χ2v) is 9.71. The average molecular weight is 317 g/mol. The number of hydrogen-bond donors (Lipinski definition) is 1. The fourth-order valence-electron chi connectivity index (χ4n) is 5.98. The third-order valence-corrected chi connectivity index (χ3v) is 7.71. The average Bonchev–Trinajstić information content (AvgIpc) is 2.55. The van der Waals surface area contributed by atoms with E-state index >= 15 is 0 Å². The molecule has 2 atom stereocenters. The summed E-state index contributed by atoms with van der Waals surface area (Å²) < 4.78 is 0. The Morgan fingerprint density at radius 3 is 2.09 bits per heavy atom. The minimum atomic E-state index is 0.111. The Kier molecular flexibility index (Phi) is 4.11. The van der Waals surface area contributed by atoms with Crippen molar-refractivity contribution < 1.29 is 0 Å². The number of fused-ring (bicyclic) bond motifs is 2. The fraction of sp³-hybridized carbons (Fsp3) is 0.952. The first-order chi connectivity index (χ1) is 11.0. The molecule has 130 valence electrons. The van der Waals surface area contributed by atoms with Crippen LogP contribution >= 0.6 is 0 Å². The van der Waals surface area contributed by atoms with Crippen molar-refractivity contribution in [2.45, 2.75) is 103 Å². The molecule has 2 nitrogen and oxygen atoms in total. The van der Waals surface area contributed by atoms with E-state index in [0.29, 0.717) is 5.54 Å². The molecule has 4 rings (SSSR count). The van der Waals surface area contributed by atoms with Gasteiger partial charge in [-0.2, -0.15) is 0 Å². The third-order valence-electron chi connectivity index (χ3n) is 7.71. The molecular weight excluding hydrogens is 280 g/mol. The van der Waals surface area contributed by atoms with Gasteiger partial charge in [0.15, 0.2) is 0 Å². The second-order valence-electron chi connectivity index (χ2n) is 9.71. The van der Waals surface area contributed by atoms with Crippen molar-refractivity contribution in [3.63, 3.8) is 0 Å². The molecule has 0 saturated heterocycles. The van der Waals surface area contributed by atoms with E-state index in [9.17, 15) is 0 Å². The zero-order valence-electron chi connectivity index (χ0n) is 15.5. The molecule has 0 bridgehead atoms. The number of rotatable bonds is 0. The van der Waals surface area contributed by atoms with Gasteiger partial charge in [0.1, 0.15) is 5.66 Å². The topological polar surface area (TPSA) is 24.4 Å². The fourth-order valence-corrected chi connectivity index (χ4v) is 5.98. The highest BCUT2D eigenvalue weighted by Crippen LogP contribution is 2.49. The standard InChI is InChI=1S/C21H36N2/c1-15-6-10-20(11-7-15)18-14-17(3)4-5-19(18)22-21(23-20)12-8-16(2)9-13-21/h15-18,23H,4-14H2,1-3H3/t15?,16?,17-,18-,20?,21?/m0/s1. The molecule has 1 heterocycles. The molecule has 2 heteroatoms. The van der Waals surface area contributed by atoms with E-state index in [1.807, 2.05) is 0 Å². The van der Waals surface area contributed by atoms with E-state index in [1.54, 1.807) is 5.71 Å². The molecule has 4 aliphatic rings. The Labute approximate surface area is 142 Å². The first-order valence-corrected chi connectivity index (χ1v) is 10.4. The molecule has 0 unspecified atom stereocenters. The lowest BCUT2D eigenvalue weighted by Gasteiger charge is -2.57. The number of hydrogen-bond acceptors (Lipinski definition) is 2. The molecule has 3 aliphatic carbocycles. The molecule has 23 heavy (non-hydrogen) atoms. The van der Waals surface area contributed by atoms with Gasteiger partial charge in [-0.25, -0.2) is 0 Å². The Balaban J connectivity index is 1.66. The van der Waals surface area contributed by atoms with Crippen molar-refractivity contribution in [1.29, 1.82) is 0 Å². The van der Waals surface area contributed by atoms with E-state index in [2.05, 4.69) is 26.1 Å². The maximum absolute atomic E-state index is 5.44. The van der Waals surface area contributed by atoms with Gasteiger partial charge in [-0.3, -0.25) is 10.3 Å². The van der Waals surface area contributed by atoms with Crippen LogP contribution in [0.15, 0.2) is 4.99 Å². The van der Waals surface area contributed by atoms with Crippen molar-refractivity contribution in [2.75, 3.05) is 0 Å². The summed E-state index contributed by atoms with van der Waals surface area (Å²) in [6.45, 7) is 7.33. The summed E-state index contributed by atoms with van der Waals surface area (Å²) in [6.07, 6.45) is 14.9. The Bertz CT molecular complexity index is 464. The molecule has 1 N–H and O–H groups in total. The normalized spacial score (nSPS) is 50.7. The molecule has 0 aromatic heterocycles. The lowest BCUT2D eigenvalue weighted by atomic mass is 9.61. The van der Waals surface area contributed by atoms with Gasteiger partial charge in [-0.15, -0.1) is 0 Å². The molecule has 0 radical (unpaired) electrons. The van der Waals surface area contributed by atoms with Crippen molar-refractivity contribution in [2.24, 2.45) is 28.7 Å². The summed E-state index contributed by atoms with van der Waals surface area (Å²) in [6, 6.07) is 0. The van der Waals surface area contributed by atoms with Gasteiger partial charge in [0.2, 0.25) is 0 Å². The van der Waals surface area contributed by atoms with E-state index < -0.39 is 0 Å². The van der Waals surface area contributed by atoms with Gasteiger partial charge in [-0.1, -0.05) is 20.8 Å². The molecule has 0 amide bonds. The van der Waals surface area contributed by atoms with Gasteiger partial charge in [0.05, 0.1) is 0 Å². The number of nitrogens with one attached hydrogen (secondary N) is 1. The molecule has 3 saturated carbocycles. The first kappa shape index (κ1) is 16.1. The van der Waals surface area contributed by atoms with Crippen LogP contribution in [0.2, 0.25) is 0 Å². The van der Waals surface area contributed by atoms with Gasteiger partial charge in [0.25, 0.3) is 0 Å². The van der Waals surface area contributed by atoms with E-state index in [4.69, 9.17) is 4.99 Å². The predicted octanol–water partition coefficient (Wildman–Crippen LogP) is 5.32. The summed E-state index contributed by atoms with van der Waals surface area (Å²) >= 11 is 0. The molecule has 3 fully saturated rings. The van der Waals surface area contributed by atoms with Crippen LogP contribution in [0, 0.1) is 23.7 Å². The van der Waals surface area contributed by atoms with Gasteiger partial charge in [0, 0.05) is 17.2 Å². The Hall–Kier alpha value is -0.370. The predicted molar refractivity (Wildman–Crippen MR) is 97.8 cm³/mol. The largest absolute Gasteiger partial charge is 0.287 e. The molecule has 0 aromatic rings. The van der Waals surface area contributed by atoms with Crippen LogP contribution in [0.5, 0.6) is 0 Å². The van der Waals surface area contributed by atoms with Crippen molar-refractivity contribution >= 4 is 5.71 Å². The lowest BCUT2D eigenvalue weighted by molar-refractivity contribution is 0.0508. The zero-order valence-corrected chi connectivity index (χ0v) is 15.5. The summed E-state index contributed by atoms with van der Waals surface area (Å²) in [4.78, 5) is 5.44. The highest BCUT2D eigenvalue weighted by Gasteiger charge is 2.53. The van der Waals surface area contributed by atoms with E-state index in [1.165, 1.54) is 70.6 Å². The smallest absolute Gasteiger partial charge is 0.111 e. The summed E-state index contributed by atoms with van der Waals surface area (Å²) in [7, 11) is 0. The molecular formula is C21H36N2. The van der Waals surface area contributed by atoms with E-state index in [-0.39, 0.29) is 5.66 Å². The van der Waals surface area contributed by atoms with Crippen LogP contribution in [-0.4, -0.2) is 16.9 Å². The quantitative estimate of drug-likeness (QED) is 0.642. The monoisotopic (exact) mass is 316 g/mol. The van der Waals surface area contributed by atoms with Crippen molar-refractivity contribution in [3.05, 3.63) is 0 Å². The molecule has 0 aromatic carbocycles. The Morgan fingerprint density at radius 2 is 1.43 bits per heavy atom. The summed E-state index contributed by atoms with van der Waals surface area (Å²) in [5, 5.41) is 4.26. The minimum Gasteiger partial charge on any atom is -0.287 e. The molecule has 2 spiro atoms. The van der Waals surface area contributed by atoms with Crippen LogP contribution in [0.3, 0.4) is 0 Å². The van der Waals surface area contributed by atoms with Crippen molar-refractivity contribution in [1.82, 2.24) is 5.32 Å². The maximum atomic E-state index is 5.44. The molecule has 1 aliphatic heterocycles. The minimum absolute atomic E-state index is 0.111. The SMILES string of the molecule is CC1CCC2(CC1)N=C1CC[C@H](C)C[C@@H]1C1(CCC(C)CC1)N2. The number of aliphatic imine (C=N–C) groups is 1. The van der Waals surface area contributed by atoms with Crippen molar-refractivity contribution in [3.8, 4) is 0 Å². The summed E-state index contributed by atoms with van der Waals surface area (Å²) in [5.74, 6) is 3.45. The second kappa shape index (κ2) is 5.86. The number of nitrogens with zero attached hydrogens (tertiary/aromatic N) is 1. The zero-order chi connectivity index (χ0) is 16.1. The maximum Gasteiger partial charge on any atom is 0.111 e. The van der Waals surface area contributed by atoms with Crippen LogP contribution < -0.4 is 5.32 Å². The lowest BCUT2D eigenvalue weighted by Crippen LogP contribution is -2.68. The van der Waals surface area contributed by atoms with Gasteiger partial charge in [-0.05, 0) is 88.4 Å². The van der Waals surface area contributed by atoms with Crippen LogP contribution in [0.1, 0.15) is 91.4 Å². The highest BCUT2D eigenvalue weighted by atomic mass is 15.2. The van der Waals surface area contributed by atoms with Gasteiger partial charge >= 0.3 is 0 Å². The van der Waals surface area contributed by atoms with Crippen LogP contribution in [0.25, 0.3) is 0 Å².